The highest BCUT2D eigenvalue weighted by Gasteiger charge is 2.14. The number of hydrazone groups is 1. The summed E-state index contributed by atoms with van der Waals surface area (Å²) < 4.78 is 40.3. The van der Waals surface area contributed by atoms with Crippen LogP contribution in [0.15, 0.2) is 51.0 Å². The van der Waals surface area contributed by atoms with E-state index in [9.17, 15) is 13.2 Å². The zero-order chi connectivity index (χ0) is 16.9. The second kappa shape index (κ2) is 7.27. The summed E-state index contributed by atoms with van der Waals surface area (Å²) in [6.07, 6.45) is 1.07. The molecule has 1 amide bonds. The third kappa shape index (κ3) is 5.09. The summed E-state index contributed by atoms with van der Waals surface area (Å²) in [4.78, 5) is 11.5. The van der Waals surface area contributed by atoms with Gasteiger partial charge < -0.3 is 9.15 Å². The fourth-order valence-electron chi connectivity index (χ4n) is 1.45. The number of furan rings is 1. The fourth-order valence-corrected chi connectivity index (χ4v) is 2.08. The minimum atomic E-state index is -4.41. The number of carbonyl (C=O) groups is 1. The smallest absolute Gasteiger partial charge is 0.328 e. The average Bonchev–Trinajstić information content (AvgIpc) is 2.95. The number of hydrogen-bond donors (Lipinski definition) is 2. The van der Waals surface area contributed by atoms with E-state index in [2.05, 4.69) is 10.5 Å². The van der Waals surface area contributed by atoms with Crippen molar-refractivity contribution in [2.75, 3.05) is 6.61 Å². The van der Waals surface area contributed by atoms with Crippen molar-refractivity contribution in [3.8, 4) is 5.75 Å². The van der Waals surface area contributed by atoms with Gasteiger partial charge in [-0.05, 0) is 24.3 Å². The van der Waals surface area contributed by atoms with E-state index in [0.717, 1.165) is 12.3 Å². The summed E-state index contributed by atoms with van der Waals surface area (Å²) in [6.45, 7) is -0.310. The molecule has 0 radical (unpaired) electrons. The maximum absolute atomic E-state index is 11.5. The van der Waals surface area contributed by atoms with E-state index < -0.39 is 21.1 Å². The molecule has 0 aliphatic carbocycles. The Morgan fingerprint density at radius 2 is 2.09 bits per heavy atom. The molecule has 0 saturated carbocycles. The SMILES string of the molecule is O=C(COc1ccccc1Cl)NN=Cc1ccc(S(=O)(=O)O)o1. The quantitative estimate of drug-likeness (QED) is 0.461. The summed E-state index contributed by atoms with van der Waals surface area (Å²) in [7, 11) is -4.41. The lowest BCUT2D eigenvalue weighted by molar-refractivity contribution is -0.123. The van der Waals surface area contributed by atoms with Crippen molar-refractivity contribution in [1.29, 1.82) is 0 Å². The second-order valence-electron chi connectivity index (χ2n) is 4.14. The number of benzene rings is 1. The maximum Gasteiger partial charge on any atom is 0.328 e. The van der Waals surface area contributed by atoms with Gasteiger partial charge >= 0.3 is 10.1 Å². The Hall–Kier alpha value is -2.36. The van der Waals surface area contributed by atoms with Crippen molar-refractivity contribution >= 4 is 33.8 Å². The molecule has 0 spiro atoms. The van der Waals surface area contributed by atoms with Gasteiger partial charge in [0.05, 0.1) is 11.2 Å². The van der Waals surface area contributed by atoms with Crippen molar-refractivity contribution in [2.45, 2.75) is 5.09 Å². The van der Waals surface area contributed by atoms with Gasteiger partial charge in [-0.25, -0.2) is 5.43 Å². The number of hydrogen-bond acceptors (Lipinski definition) is 6. The van der Waals surface area contributed by atoms with Gasteiger partial charge in [0.2, 0.25) is 5.09 Å². The van der Waals surface area contributed by atoms with Crippen LogP contribution in [-0.4, -0.2) is 31.7 Å². The molecular weight excluding hydrogens is 348 g/mol. The Bertz CT molecular complexity index is 830. The number of carbonyl (C=O) groups excluding carboxylic acids is 1. The summed E-state index contributed by atoms with van der Waals surface area (Å²) in [5.41, 5.74) is 2.16. The number of halogens is 1. The fraction of sp³-hybridized carbons (Fsp3) is 0.0769. The molecule has 8 nitrogen and oxygen atoms in total. The lowest BCUT2D eigenvalue weighted by Gasteiger charge is -2.05. The molecule has 0 atom stereocenters. The Balaban J connectivity index is 1.84. The summed E-state index contributed by atoms with van der Waals surface area (Å²) in [6, 6.07) is 8.98. The Morgan fingerprint density at radius 1 is 1.35 bits per heavy atom. The molecule has 1 aromatic carbocycles. The van der Waals surface area contributed by atoms with Crippen molar-refractivity contribution in [3.63, 3.8) is 0 Å². The molecule has 0 aliphatic heterocycles. The molecule has 10 heteroatoms. The molecule has 23 heavy (non-hydrogen) atoms. The molecule has 2 N–H and O–H groups in total. The number of rotatable bonds is 6. The van der Waals surface area contributed by atoms with Crippen LogP contribution >= 0.6 is 11.6 Å². The van der Waals surface area contributed by atoms with E-state index in [0.29, 0.717) is 10.8 Å². The normalized spacial score (nSPS) is 11.6. The van der Waals surface area contributed by atoms with E-state index in [1.54, 1.807) is 24.3 Å². The van der Waals surface area contributed by atoms with E-state index in [1.165, 1.54) is 6.07 Å². The third-order valence-electron chi connectivity index (χ3n) is 2.43. The topological polar surface area (TPSA) is 118 Å². The monoisotopic (exact) mass is 358 g/mol. The molecular formula is C13H11ClN2O6S. The molecule has 0 aliphatic rings. The van der Waals surface area contributed by atoms with Gasteiger partial charge in [-0.2, -0.15) is 13.5 Å². The Labute approximate surface area is 136 Å². The van der Waals surface area contributed by atoms with Crippen LogP contribution in [0.25, 0.3) is 0 Å². The highest BCUT2D eigenvalue weighted by molar-refractivity contribution is 7.85. The minimum Gasteiger partial charge on any atom is -0.482 e. The molecule has 1 heterocycles. The van der Waals surface area contributed by atoms with Crippen LogP contribution in [0.4, 0.5) is 0 Å². The average molecular weight is 359 g/mol. The van der Waals surface area contributed by atoms with Gasteiger partial charge in [-0.3, -0.25) is 9.35 Å². The Morgan fingerprint density at radius 3 is 2.74 bits per heavy atom. The lowest BCUT2D eigenvalue weighted by atomic mass is 10.3. The predicted molar refractivity (Wildman–Crippen MR) is 81.2 cm³/mol. The summed E-state index contributed by atoms with van der Waals surface area (Å²) in [5, 5.41) is 3.32. The van der Waals surface area contributed by atoms with E-state index in [-0.39, 0.29) is 12.4 Å². The highest BCUT2D eigenvalue weighted by Crippen LogP contribution is 2.22. The van der Waals surface area contributed by atoms with E-state index >= 15 is 0 Å². The number of para-hydroxylation sites is 1. The summed E-state index contributed by atoms with van der Waals surface area (Å²) >= 11 is 5.86. The first-order valence-corrected chi connectivity index (χ1v) is 7.94. The van der Waals surface area contributed by atoms with E-state index in [4.69, 9.17) is 25.3 Å². The van der Waals surface area contributed by atoms with Crippen LogP contribution in [0.5, 0.6) is 5.75 Å². The summed E-state index contributed by atoms with van der Waals surface area (Å²) in [5.74, 6) is -0.162. The molecule has 0 fully saturated rings. The van der Waals surface area contributed by atoms with Crippen LogP contribution < -0.4 is 10.2 Å². The first-order chi connectivity index (χ1) is 10.9. The van der Waals surface area contributed by atoms with Crippen molar-refractivity contribution in [3.05, 3.63) is 47.2 Å². The van der Waals surface area contributed by atoms with Gasteiger partial charge in [-0.1, -0.05) is 23.7 Å². The number of ether oxygens (including phenoxy) is 1. The predicted octanol–water partition coefficient (Wildman–Crippen LogP) is 1.71. The second-order valence-corrected chi connectivity index (χ2v) is 5.90. The van der Waals surface area contributed by atoms with Gasteiger partial charge in [-0.15, -0.1) is 0 Å². The molecule has 2 rings (SSSR count). The van der Waals surface area contributed by atoms with Crippen LogP contribution in [0, 0.1) is 0 Å². The van der Waals surface area contributed by atoms with Crippen LogP contribution in [-0.2, 0) is 14.9 Å². The van der Waals surface area contributed by atoms with Gasteiger partial charge in [0.15, 0.2) is 6.61 Å². The first kappa shape index (κ1) is 17.0. The Kier molecular flexibility index (Phi) is 5.37. The zero-order valence-electron chi connectivity index (χ0n) is 11.5. The van der Waals surface area contributed by atoms with Crippen LogP contribution in [0.1, 0.15) is 5.76 Å². The van der Waals surface area contributed by atoms with Gasteiger partial charge in [0.1, 0.15) is 11.5 Å². The zero-order valence-corrected chi connectivity index (χ0v) is 13.0. The van der Waals surface area contributed by atoms with Crippen molar-refractivity contribution in [1.82, 2.24) is 5.43 Å². The largest absolute Gasteiger partial charge is 0.482 e. The van der Waals surface area contributed by atoms with Crippen LogP contribution in [0.2, 0.25) is 5.02 Å². The minimum absolute atomic E-state index is 0.0324. The highest BCUT2D eigenvalue weighted by atomic mass is 35.5. The molecule has 0 bridgehead atoms. The third-order valence-corrected chi connectivity index (χ3v) is 3.47. The molecule has 0 saturated heterocycles. The van der Waals surface area contributed by atoms with Gasteiger partial charge in [0, 0.05) is 0 Å². The molecule has 0 unspecified atom stereocenters. The molecule has 2 aromatic rings. The van der Waals surface area contributed by atoms with Crippen molar-refractivity contribution < 1.29 is 26.9 Å². The van der Waals surface area contributed by atoms with Crippen LogP contribution in [0.3, 0.4) is 0 Å². The van der Waals surface area contributed by atoms with Gasteiger partial charge in [0.25, 0.3) is 5.91 Å². The molecule has 122 valence electrons. The number of amides is 1. The maximum atomic E-state index is 11.5. The standard InChI is InChI=1S/C13H11ClN2O6S/c14-10-3-1-2-4-11(10)21-8-12(17)16-15-7-9-5-6-13(22-9)23(18,19)20/h1-7H,8H2,(H,16,17)(H,18,19,20). The lowest BCUT2D eigenvalue weighted by Crippen LogP contribution is -2.24. The molecule has 1 aromatic heterocycles. The van der Waals surface area contributed by atoms with Crippen molar-refractivity contribution in [2.24, 2.45) is 5.10 Å². The number of nitrogens with one attached hydrogen (secondary N) is 1. The first-order valence-electron chi connectivity index (χ1n) is 6.13. The number of nitrogens with zero attached hydrogens (tertiary/aromatic N) is 1. The van der Waals surface area contributed by atoms with E-state index in [1.807, 2.05) is 0 Å².